The maximum absolute atomic E-state index is 14.8. The topological polar surface area (TPSA) is 74.8 Å². The van der Waals surface area contributed by atoms with E-state index in [0.717, 1.165) is 27.5 Å². The highest BCUT2D eigenvalue weighted by atomic mass is 32.2. The lowest BCUT2D eigenvalue weighted by Gasteiger charge is -2.51. The van der Waals surface area contributed by atoms with Crippen molar-refractivity contribution in [3.63, 3.8) is 0 Å². The first-order valence-corrected chi connectivity index (χ1v) is 19.7. The van der Waals surface area contributed by atoms with Gasteiger partial charge in [0, 0.05) is 13.1 Å². The first kappa shape index (κ1) is 35.9. The van der Waals surface area contributed by atoms with Gasteiger partial charge in [0.2, 0.25) is 20.0 Å². The Labute approximate surface area is 302 Å². The van der Waals surface area contributed by atoms with Gasteiger partial charge in [-0.3, -0.25) is 0 Å². The Morgan fingerprint density at radius 2 is 1.16 bits per heavy atom. The van der Waals surface area contributed by atoms with E-state index in [9.17, 15) is 16.8 Å². The van der Waals surface area contributed by atoms with E-state index in [4.69, 9.17) is 0 Å². The van der Waals surface area contributed by atoms with E-state index in [-0.39, 0.29) is 22.9 Å². The highest BCUT2D eigenvalue weighted by Crippen LogP contribution is 2.44. The molecule has 0 spiro atoms. The Morgan fingerprint density at radius 1 is 0.627 bits per heavy atom. The monoisotopic (exact) mass is 714 g/mol. The molecule has 4 aromatic carbocycles. The summed E-state index contributed by atoms with van der Waals surface area (Å²) in [5.74, 6) is 0. The fraction of sp³-hybridized carbons (Fsp3) is 0.163. The van der Waals surface area contributed by atoms with Crippen LogP contribution in [0.1, 0.15) is 23.1 Å². The summed E-state index contributed by atoms with van der Waals surface area (Å²) in [5, 5.41) is 1.88. The SMILES string of the molecule is C=C1/C=C\C=C/C/C=C\C=C/1CN([C@@H]1C(=C)C(=C)[C@H]1N(Cc1cccc2ccccc12)S(=O)(=O)c1ccc(C)cc1)S(=O)(=O)c1ccc(C)cc1. The summed E-state index contributed by atoms with van der Waals surface area (Å²) in [7, 11) is -8.42. The van der Waals surface area contributed by atoms with Gasteiger partial charge in [-0.05, 0) is 83.2 Å². The molecule has 0 amide bonds. The molecule has 0 aromatic heterocycles. The molecular formula is C43H42N2O4S2. The van der Waals surface area contributed by atoms with E-state index in [1.807, 2.05) is 98.8 Å². The number of aryl methyl sites for hydroxylation is 2. The van der Waals surface area contributed by atoms with Crippen molar-refractivity contribution in [2.45, 2.75) is 48.7 Å². The molecule has 0 unspecified atom stereocenters. The number of allylic oxidation sites excluding steroid dienone is 7. The molecule has 0 aliphatic heterocycles. The van der Waals surface area contributed by atoms with E-state index in [0.29, 0.717) is 28.7 Å². The molecule has 6 rings (SSSR count). The van der Waals surface area contributed by atoms with Crippen LogP contribution >= 0.6 is 0 Å². The lowest BCUT2D eigenvalue weighted by molar-refractivity contribution is 0.207. The average molecular weight is 715 g/mol. The minimum absolute atomic E-state index is 0.0172. The summed E-state index contributed by atoms with van der Waals surface area (Å²) in [6.45, 7) is 16.5. The molecule has 8 heteroatoms. The van der Waals surface area contributed by atoms with Gasteiger partial charge in [-0.25, -0.2) is 16.8 Å². The first-order valence-electron chi connectivity index (χ1n) is 16.8. The summed E-state index contributed by atoms with van der Waals surface area (Å²) in [4.78, 5) is 0.205. The van der Waals surface area contributed by atoms with E-state index >= 15 is 0 Å². The molecular weight excluding hydrogens is 673 g/mol. The second kappa shape index (κ2) is 14.8. The number of nitrogens with zero attached hydrogens (tertiary/aromatic N) is 2. The van der Waals surface area contributed by atoms with Crippen LogP contribution < -0.4 is 0 Å². The molecule has 1 fully saturated rings. The zero-order valence-corrected chi connectivity index (χ0v) is 30.6. The highest BCUT2D eigenvalue weighted by molar-refractivity contribution is 7.89. The predicted molar refractivity (Wildman–Crippen MR) is 208 cm³/mol. The molecule has 51 heavy (non-hydrogen) atoms. The van der Waals surface area contributed by atoms with Gasteiger partial charge in [-0.2, -0.15) is 8.61 Å². The van der Waals surface area contributed by atoms with Crippen molar-refractivity contribution in [3.8, 4) is 0 Å². The molecule has 0 heterocycles. The molecule has 6 nitrogen and oxygen atoms in total. The number of hydrogen-bond acceptors (Lipinski definition) is 4. The molecule has 1 saturated carbocycles. The third-order valence-corrected chi connectivity index (χ3v) is 13.2. The van der Waals surface area contributed by atoms with Gasteiger partial charge in [0.05, 0.1) is 21.9 Å². The quantitative estimate of drug-likeness (QED) is 0.165. The van der Waals surface area contributed by atoms with Gasteiger partial charge < -0.3 is 0 Å². The van der Waals surface area contributed by atoms with Crippen molar-refractivity contribution >= 4 is 30.8 Å². The minimum Gasteiger partial charge on any atom is -0.207 e. The van der Waals surface area contributed by atoms with Gasteiger partial charge in [0.1, 0.15) is 0 Å². The molecule has 0 radical (unpaired) electrons. The Bertz CT molecular complexity index is 2340. The number of rotatable bonds is 10. The average Bonchev–Trinajstić information content (AvgIpc) is 3.12. The highest BCUT2D eigenvalue weighted by Gasteiger charge is 2.53. The number of benzene rings is 4. The van der Waals surface area contributed by atoms with E-state index in [1.165, 1.54) is 8.61 Å². The smallest absolute Gasteiger partial charge is 0.207 e. The molecule has 2 atom stereocenters. The van der Waals surface area contributed by atoms with Crippen LogP contribution in [0.2, 0.25) is 0 Å². The number of hydrogen-bond donors (Lipinski definition) is 0. The minimum atomic E-state index is -4.22. The van der Waals surface area contributed by atoms with Crippen LogP contribution in [-0.4, -0.2) is 44.1 Å². The molecule has 0 saturated heterocycles. The second-order valence-corrected chi connectivity index (χ2v) is 16.8. The third-order valence-electron chi connectivity index (χ3n) is 9.50. The Hall–Kier alpha value is -4.86. The predicted octanol–water partition coefficient (Wildman–Crippen LogP) is 8.76. The number of fused-ring (bicyclic) bond motifs is 1. The number of sulfonamides is 2. The Morgan fingerprint density at radius 3 is 1.76 bits per heavy atom. The maximum Gasteiger partial charge on any atom is 0.244 e. The van der Waals surface area contributed by atoms with Gasteiger partial charge in [-0.1, -0.05) is 140 Å². The normalized spacial score (nSPS) is 21.3. The Kier molecular flexibility index (Phi) is 10.4. The largest absolute Gasteiger partial charge is 0.244 e. The van der Waals surface area contributed by atoms with Gasteiger partial charge in [-0.15, -0.1) is 0 Å². The van der Waals surface area contributed by atoms with Crippen molar-refractivity contribution in [2.24, 2.45) is 0 Å². The van der Waals surface area contributed by atoms with Crippen LogP contribution in [0.15, 0.2) is 185 Å². The van der Waals surface area contributed by atoms with E-state index < -0.39 is 32.1 Å². The van der Waals surface area contributed by atoms with Crippen LogP contribution in [-0.2, 0) is 26.6 Å². The maximum atomic E-state index is 14.8. The third kappa shape index (κ3) is 7.32. The standard InChI is InChI=1S/C43H42N2O4S2/c1-31-21-25-39(26-22-31)50(46,47)44(29-37-17-11-9-7-6-8-10-15-33(37)3)42-34(4)35(5)43(42)45(51(48,49)40-27-23-32(2)24-28-40)30-38-19-14-18-36-16-12-13-20-41(36)38/h6,8-28,42-43H,3-5,7,29-30H2,1-2H3/b8-6-,11-9-,15-10-,37-17-/t42-,43-/m1/s1. The van der Waals surface area contributed by atoms with Crippen LogP contribution in [0.3, 0.4) is 0 Å². The summed E-state index contributed by atoms with van der Waals surface area (Å²) < 4.78 is 62.1. The van der Waals surface area contributed by atoms with Gasteiger partial charge >= 0.3 is 0 Å². The van der Waals surface area contributed by atoms with Crippen LogP contribution in [0.4, 0.5) is 0 Å². The van der Waals surface area contributed by atoms with Crippen molar-refractivity contribution in [2.75, 3.05) is 6.54 Å². The lowest BCUT2D eigenvalue weighted by atomic mass is 9.76. The zero-order chi connectivity index (χ0) is 36.3. The molecule has 260 valence electrons. The summed E-state index contributed by atoms with van der Waals surface area (Å²) in [6, 6.07) is 25.1. The van der Waals surface area contributed by atoms with Crippen molar-refractivity contribution in [3.05, 3.63) is 192 Å². The molecule has 2 aliphatic carbocycles. The van der Waals surface area contributed by atoms with Crippen molar-refractivity contribution in [1.82, 2.24) is 8.61 Å². The summed E-state index contributed by atoms with van der Waals surface area (Å²) >= 11 is 0. The van der Waals surface area contributed by atoms with Crippen molar-refractivity contribution < 1.29 is 16.8 Å². The van der Waals surface area contributed by atoms with Crippen LogP contribution in [0.5, 0.6) is 0 Å². The van der Waals surface area contributed by atoms with E-state index in [1.54, 1.807) is 48.5 Å². The van der Waals surface area contributed by atoms with Crippen LogP contribution in [0.25, 0.3) is 10.8 Å². The molecule has 0 bridgehead atoms. The zero-order valence-electron chi connectivity index (χ0n) is 28.9. The van der Waals surface area contributed by atoms with Crippen molar-refractivity contribution in [1.29, 1.82) is 0 Å². The van der Waals surface area contributed by atoms with E-state index in [2.05, 4.69) is 19.7 Å². The molecule has 2 aliphatic rings. The van der Waals surface area contributed by atoms with Gasteiger partial charge in [0.15, 0.2) is 0 Å². The second-order valence-electron chi connectivity index (χ2n) is 13.0. The summed E-state index contributed by atoms with van der Waals surface area (Å²) in [6.07, 6.45) is 14.1. The van der Waals surface area contributed by atoms with Crippen LogP contribution in [0, 0.1) is 13.8 Å². The summed E-state index contributed by atoms with van der Waals surface area (Å²) in [5.41, 5.74) is 4.84. The molecule has 4 aromatic rings. The fourth-order valence-corrected chi connectivity index (χ4v) is 9.69. The molecule has 0 N–H and O–H groups in total. The van der Waals surface area contributed by atoms with Gasteiger partial charge in [0.25, 0.3) is 0 Å². The Balaban J connectivity index is 1.52. The lowest BCUT2D eigenvalue weighted by Crippen LogP contribution is -2.63. The first-order chi connectivity index (χ1) is 24.4. The fourth-order valence-electron chi connectivity index (χ4n) is 6.49.